The number of carbonyl (C=O) groups is 2. The van der Waals surface area contributed by atoms with Crippen LogP contribution in [-0.2, 0) is 9.59 Å². The summed E-state index contributed by atoms with van der Waals surface area (Å²) in [6.45, 7) is 0.567. The number of rotatable bonds is 4. The molecule has 5 nitrogen and oxygen atoms in total. The van der Waals surface area contributed by atoms with Gasteiger partial charge in [-0.1, -0.05) is 19.3 Å². The SMILES string of the molecule is CNC1(CC(=O)NC2CCC(=O)NC2)CCCCC1. The second-order valence-electron chi connectivity index (χ2n) is 5.87. The van der Waals surface area contributed by atoms with E-state index in [9.17, 15) is 9.59 Å². The van der Waals surface area contributed by atoms with Crippen LogP contribution < -0.4 is 16.0 Å². The highest BCUT2D eigenvalue weighted by molar-refractivity contribution is 5.79. The van der Waals surface area contributed by atoms with Gasteiger partial charge < -0.3 is 16.0 Å². The zero-order valence-electron chi connectivity index (χ0n) is 11.8. The molecule has 2 fully saturated rings. The van der Waals surface area contributed by atoms with E-state index in [2.05, 4.69) is 16.0 Å². The normalized spacial score (nSPS) is 26.6. The lowest BCUT2D eigenvalue weighted by Gasteiger charge is -2.37. The van der Waals surface area contributed by atoms with Crippen molar-refractivity contribution in [3.63, 3.8) is 0 Å². The summed E-state index contributed by atoms with van der Waals surface area (Å²) in [5.41, 5.74) is -0.0136. The summed E-state index contributed by atoms with van der Waals surface area (Å²) in [4.78, 5) is 23.2. The van der Waals surface area contributed by atoms with E-state index in [1.165, 1.54) is 19.3 Å². The van der Waals surface area contributed by atoms with E-state index in [1.807, 2.05) is 7.05 Å². The molecule has 0 spiro atoms. The van der Waals surface area contributed by atoms with Gasteiger partial charge in [-0.15, -0.1) is 0 Å². The quantitative estimate of drug-likeness (QED) is 0.702. The van der Waals surface area contributed by atoms with Crippen LogP contribution in [0.25, 0.3) is 0 Å². The molecule has 2 amide bonds. The van der Waals surface area contributed by atoms with Crippen molar-refractivity contribution in [2.45, 2.75) is 62.9 Å². The maximum atomic E-state index is 12.2. The highest BCUT2D eigenvalue weighted by atomic mass is 16.2. The van der Waals surface area contributed by atoms with E-state index in [4.69, 9.17) is 0 Å². The van der Waals surface area contributed by atoms with E-state index < -0.39 is 0 Å². The van der Waals surface area contributed by atoms with Crippen LogP contribution in [-0.4, -0.2) is 37.0 Å². The Labute approximate surface area is 114 Å². The third kappa shape index (κ3) is 3.93. The van der Waals surface area contributed by atoms with E-state index in [1.54, 1.807) is 0 Å². The summed E-state index contributed by atoms with van der Waals surface area (Å²) in [5.74, 6) is 0.196. The molecule has 1 aliphatic heterocycles. The average Bonchev–Trinajstić information content (AvgIpc) is 2.42. The fourth-order valence-electron chi connectivity index (χ4n) is 3.19. The monoisotopic (exact) mass is 267 g/mol. The zero-order valence-corrected chi connectivity index (χ0v) is 11.8. The van der Waals surface area contributed by atoms with Crippen LogP contribution in [0.2, 0.25) is 0 Å². The maximum Gasteiger partial charge on any atom is 0.222 e. The Hall–Kier alpha value is -1.10. The summed E-state index contributed by atoms with van der Waals surface area (Å²) < 4.78 is 0. The van der Waals surface area contributed by atoms with Gasteiger partial charge in [0.15, 0.2) is 0 Å². The van der Waals surface area contributed by atoms with Gasteiger partial charge in [-0.2, -0.15) is 0 Å². The van der Waals surface area contributed by atoms with Gasteiger partial charge in [-0.25, -0.2) is 0 Å². The maximum absolute atomic E-state index is 12.2. The summed E-state index contributed by atoms with van der Waals surface area (Å²) in [7, 11) is 1.96. The first-order valence-electron chi connectivity index (χ1n) is 7.38. The lowest BCUT2D eigenvalue weighted by molar-refractivity contribution is -0.126. The van der Waals surface area contributed by atoms with E-state index in [0.29, 0.717) is 19.4 Å². The van der Waals surface area contributed by atoms with Crippen molar-refractivity contribution >= 4 is 11.8 Å². The van der Waals surface area contributed by atoms with Crippen molar-refractivity contribution in [3.05, 3.63) is 0 Å². The van der Waals surface area contributed by atoms with Crippen molar-refractivity contribution < 1.29 is 9.59 Å². The van der Waals surface area contributed by atoms with Gasteiger partial charge in [0.25, 0.3) is 0 Å². The molecule has 1 saturated carbocycles. The molecule has 0 radical (unpaired) electrons. The van der Waals surface area contributed by atoms with E-state index in [0.717, 1.165) is 19.3 Å². The molecule has 19 heavy (non-hydrogen) atoms. The van der Waals surface area contributed by atoms with E-state index >= 15 is 0 Å². The molecule has 1 aliphatic carbocycles. The third-order valence-electron chi connectivity index (χ3n) is 4.47. The molecular weight excluding hydrogens is 242 g/mol. The van der Waals surface area contributed by atoms with Crippen LogP contribution >= 0.6 is 0 Å². The second kappa shape index (κ2) is 6.37. The van der Waals surface area contributed by atoms with Crippen molar-refractivity contribution in [1.29, 1.82) is 0 Å². The minimum atomic E-state index is -0.0136. The largest absolute Gasteiger partial charge is 0.354 e. The lowest BCUT2D eigenvalue weighted by atomic mass is 9.79. The number of hydrogen-bond acceptors (Lipinski definition) is 3. The Morgan fingerprint density at radius 3 is 2.68 bits per heavy atom. The number of hydrogen-bond donors (Lipinski definition) is 3. The first-order chi connectivity index (χ1) is 9.13. The highest BCUT2D eigenvalue weighted by Gasteiger charge is 2.33. The van der Waals surface area contributed by atoms with Gasteiger partial charge in [0, 0.05) is 31.0 Å². The standard InChI is InChI=1S/C14H25N3O2/c1-15-14(7-3-2-4-8-14)9-13(19)17-11-5-6-12(18)16-10-11/h11,15H,2-10H2,1H3,(H,16,18)(H,17,19). The van der Waals surface area contributed by atoms with Gasteiger partial charge in [-0.05, 0) is 26.3 Å². The van der Waals surface area contributed by atoms with Gasteiger partial charge in [0.05, 0.1) is 0 Å². The summed E-state index contributed by atoms with van der Waals surface area (Å²) in [6.07, 6.45) is 7.66. The Kier molecular flexibility index (Phi) is 4.80. The predicted octanol–water partition coefficient (Wildman–Crippen LogP) is 0.694. The first-order valence-corrected chi connectivity index (χ1v) is 7.38. The predicted molar refractivity (Wildman–Crippen MR) is 73.7 cm³/mol. The summed E-state index contributed by atoms with van der Waals surface area (Å²) >= 11 is 0. The topological polar surface area (TPSA) is 70.2 Å². The van der Waals surface area contributed by atoms with Crippen molar-refractivity contribution in [1.82, 2.24) is 16.0 Å². The molecule has 1 heterocycles. The highest BCUT2D eigenvalue weighted by Crippen LogP contribution is 2.30. The van der Waals surface area contributed by atoms with Crippen molar-refractivity contribution in [2.24, 2.45) is 0 Å². The molecule has 0 aromatic carbocycles. The molecule has 108 valence electrons. The molecule has 1 atom stereocenters. The number of piperidine rings is 1. The number of carbonyl (C=O) groups excluding carboxylic acids is 2. The van der Waals surface area contributed by atoms with Crippen molar-refractivity contribution in [2.75, 3.05) is 13.6 Å². The molecule has 2 rings (SSSR count). The number of amides is 2. The molecule has 3 N–H and O–H groups in total. The van der Waals surface area contributed by atoms with E-state index in [-0.39, 0.29) is 23.4 Å². The van der Waals surface area contributed by atoms with Crippen LogP contribution in [0, 0.1) is 0 Å². The fourth-order valence-corrected chi connectivity index (χ4v) is 3.19. The van der Waals surface area contributed by atoms with Gasteiger partial charge in [0.2, 0.25) is 11.8 Å². The van der Waals surface area contributed by atoms with Crippen LogP contribution in [0.3, 0.4) is 0 Å². The summed E-state index contributed by atoms with van der Waals surface area (Å²) in [6, 6.07) is 0.0997. The van der Waals surface area contributed by atoms with Crippen LogP contribution in [0.15, 0.2) is 0 Å². The Morgan fingerprint density at radius 1 is 1.37 bits per heavy atom. The molecule has 0 aromatic heterocycles. The average molecular weight is 267 g/mol. The molecule has 1 unspecified atom stereocenters. The lowest BCUT2D eigenvalue weighted by Crippen LogP contribution is -2.52. The Balaban J connectivity index is 1.81. The Morgan fingerprint density at radius 2 is 2.11 bits per heavy atom. The molecular formula is C14H25N3O2. The van der Waals surface area contributed by atoms with Gasteiger partial charge in [0.1, 0.15) is 0 Å². The number of nitrogens with one attached hydrogen (secondary N) is 3. The Bertz CT molecular complexity index is 328. The first kappa shape index (κ1) is 14.3. The second-order valence-corrected chi connectivity index (χ2v) is 5.87. The molecule has 0 aromatic rings. The minimum Gasteiger partial charge on any atom is -0.354 e. The van der Waals surface area contributed by atoms with Gasteiger partial charge in [-0.3, -0.25) is 9.59 Å². The summed E-state index contributed by atoms with van der Waals surface area (Å²) in [5, 5.41) is 9.21. The molecule has 5 heteroatoms. The molecule has 0 bridgehead atoms. The van der Waals surface area contributed by atoms with Crippen molar-refractivity contribution in [3.8, 4) is 0 Å². The van der Waals surface area contributed by atoms with Crippen LogP contribution in [0.4, 0.5) is 0 Å². The molecule has 2 aliphatic rings. The fraction of sp³-hybridized carbons (Fsp3) is 0.857. The minimum absolute atomic E-state index is 0.0136. The van der Waals surface area contributed by atoms with Crippen LogP contribution in [0.1, 0.15) is 51.4 Å². The smallest absolute Gasteiger partial charge is 0.222 e. The molecule has 1 saturated heterocycles. The van der Waals surface area contributed by atoms with Gasteiger partial charge >= 0.3 is 0 Å². The third-order valence-corrected chi connectivity index (χ3v) is 4.47. The zero-order chi connectivity index (χ0) is 13.7. The van der Waals surface area contributed by atoms with Crippen LogP contribution in [0.5, 0.6) is 0 Å².